The second kappa shape index (κ2) is 8.65. The van der Waals surface area contributed by atoms with E-state index in [0.29, 0.717) is 18.2 Å². The molecule has 0 spiro atoms. The number of hydrogen-bond donors (Lipinski definition) is 2. The van der Waals surface area contributed by atoms with E-state index < -0.39 is 0 Å². The summed E-state index contributed by atoms with van der Waals surface area (Å²) in [4.78, 5) is 0. The topological polar surface area (TPSA) is 44.8 Å². The van der Waals surface area contributed by atoms with Crippen molar-refractivity contribution in [3.05, 3.63) is 0 Å². The van der Waals surface area contributed by atoms with Crippen LogP contribution in [0.4, 0.5) is 0 Å². The highest BCUT2D eigenvalue weighted by Gasteiger charge is 2.45. The lowest BCUT2D eigenvalue weighted by Gasteiger charge is -2.23. The van der Waals surface area contributed by atoms with E-state index >= 15 is 0 Å². The summed E-state index contributed by atoms with van der Waals surface area (Å²) < 4.78 is 5.80. The Morgan fingerprint density at radius 3 is 2.41 bits per heavy atom. The van der Waals surface area contributed by atoms with Gasteiger partial charge < -0.3 is 9.84 Å². The van der Waals surface area contributed by atoms with Crippen molar-refractivity contribution in [3.8, 4) is 0 Å². The number of unbranched alkanes of at least 4 members (excludes halogenated alkanes) is 2. The lowest BCUT2D eigenvalue weighted by molar-refractivity contribution is 0.1000. The molecule has 2 aliphatic carbocycles. The number of aliphatic hydroxyl groups excluding tert-OH is 1. The van der Waals surface area contributed by atoms with Gasteiger partial charge >= 0.3 is 0 Å². The number of epoxide rings is 1. The minimum Gasteiger partial charge on any atom is -0.393 e. The molecule has 2 unspecified atom stereocenters. The van der Waals surface area contributed by atoms with Crippen molar-refractivity contribution < 1.29 is 9.84 Å². The summed E-state index contributed by atoms with van der Waals surface area (Å²) in [6.07, 6.45) is 17.9. The minimum atomic E-state index is -0.0504. The molecule has 22 heavy (non-hydrogen) atoms. The Kier molecular flexibility index (Phi) is 6.58. The summed E-state index contributed by atoms with van der Waals surface area (Å²) in [5.74, 6) is 1.73. The van der Waals surface area contributed by atoms with Gasteiger partial charge in [0.2, 0.25) is 0 Å². The summed E-state index contributed by atoms with van der Waals surface area (Å²) in [7, 11) is 0. The maximum atomic E-state index is 9.56. The number of rotatable bonds is 8. The Hall–Kier alpha value is -0.120. The molecule has 2 N–H and O–H groups in total. The van der Waals surface area contributed by atoms with Crippen LogP contribution in [0.5, 0.6) is 0 Å². The van der Waals surface area contributed by atoms with Crippen LogP contribution < -0.4 is 5.32 Å². The van der Waals surface area contributed by atoms with Crippen LogP contribution in [0, 0.1) is 11.8 Å². The van der Waals surface area contributed by atoms with E-state index in [-0.39, 0.29) is 6.10 Å². The van der Waals surface area contributed by atoms with E-state index in [1.54, 1.807) is 0 Å². The predicted molar refractivity (Wildman–Crippen MR) is 89.7 cm³/mol. The van der Waals surface area contributed by atoms with Gasteiger partial charge in [-0.2, -0.15) is 0 Å². The molecule has 0 aromatic heterocycles. The normalized spacial score (nSPS) is 36.4. The Labute approximate surface area is 136 Å². The average Bonchev–Trinajstić information content (AvgIpc) is 3.32. The van der Waals surface area contributed by atoms with Crippen LogP contribution in [0.1, 0.15) is 83.5 Å². The van der Waals surface area contributed by atoms with Gasteiger partial charge in [0.15, 0.2) is 0 Å². The predicted octanol–water partition coefficient (Wildman–Crippen LogP) is 3.99. The zero-order valence-corrected chi connectivity index (χ0v) is 14.1. The molecule has 3 rings (SSSR count). The summed E-state index contributed by atoms with van der Waals surface area (Å²) in [5.41, 5.74) is 0. The third-order valence-electron chi connectivity index (χ3n) is 6.09. The zero-order valence-electron chi connectivity index (χ0n) is 14.1. The second-order valence-corrected chi connectivity index (χ2v) is 7.90. The summed E-state index contributed by atoms with van der Waals surface area (Å²) in [5, 5.41) is 13.1. The molecule has 2 atom stereocenters. The fourth-order valence-electron chi connectivity index (χ4n) is 4.53. The Balaban J connectivity index is 1.16. The van der Waals surface area contributed by atoms with Gasteiger partial charge in [-0.1, -0.05) is 51.4 Å². The van der Waals surface area contributed by atoms with E-state index in [9.17, 15) is 5.11 Å². The van der Waals surface area contributed by atoms with Crippen LogP contribution in [-0.2, 0) is 4.74 Å². The van der Waals surface area contributed by atoms with Gasteiger partial charge in [0.25, 0.3) is 0 Å². The lowest BCUT2D eigenvalue weighted by Crippen LogP contribution is -2.27. The fraction of sp³-hybridized carbons (Fsp3) is 1.00. The molecule has 0 bridgehead atoms. The van der Waals surface area contributed by atoms with Gasteiger partial charge in [-0.3, -0.25) is 5.32 Å². The van der Waals surface area contributed by atoms with Crippen LogP contribution in [0.2, 0.25) is 0 Å². The van der Waals surface area contributed by atoms with E-state index in [2.05, 4.69) is 5.32 Å². The van der Waals surface area contributed by atoms with E-state index in [1.165, 1.54) is 57.8 Å². The zero-order chi connectivity index (χ0) is 15.2. The highest BCUT2D eigenvalue weighted by Crippen LogP contribution is 2.37. The fourth-order valence-corrected chi connectivity index (χ4v) is 4.53. The first-order valence-electron chi connectivity index (χ1n) is 9.90. The standard InChI is InChI=1S/C19H35NO2/c21-17-12-10-16(11-13-17)18-19(22-18)20-14-6-2-5-9-15-7-3-1-4-8-15/h15-21H,1-14H2. The number of nitrogens with one attached hydrogen (secondary N) is 1. The Morgan fingerprint density at radius 1 is 0.864 bits per heavy atom. The molecule has 3 nitrogen and oxygen atoms in total. The van der Waals surface area contributed by atoms with Gasteiger partial charge in [0, 0.05) is 0 Å². The first kappa shape index (κ1) is 16.7. The molecule has 0 aromatic carbocycles. The van der Waals surface area contributed by atoms with Crippen molar-refractivity contribution in [1.82, 2.24) is 5.32 Å². The highest BCUT2D eigenvalue weighted by atomic mass is 16.6. The van der Waals surface area contributed by atoms with Crippen molar-refractivity contribution in [2.24, 2.45) is 11.8 Å². The van der Waals surface area contributed by atoms with Gasteiger partial charge in [-0.15, -0.1) is 0 Å². The molecule has 3 heteroatoms. The van der Waals surface area contributed by atoms with Crippen LogP contribution >= 0.6 is 0 Å². The minimum absolute atomic E-state index is 0.0504. The SMILES string of the molecule is OC1CCC(C2OC2NCCCCCC2CCCCC2)CC1. The lowest BCUT2D eigenvalue weighted by atomic mass is 9.85. The largest absolute Gasteiger partial charge is 0.393 e. The maximum absolute atomic E-state index is 9.56. The van der Waals surface area contributed by atoms with E-state index in [4.69, 9.17) is 4.74 Å². The first-order chi connectivity index (χ1) is 10.8. The van der Waals surface area contributed by atoms with Crippen LogP contribution in [0.3, 0.4) is 0 Å². The second-order valence-electron chi connectivity index (χ2n) is 7.90. The molecular weight excluding hydrogens is 274 g/mol. The number of hydrogen-bond acceptors (Lipinski definition) is 3. The first-order valence-corrected chi connectivity index (χ1v) is 9.90. The molecule has 1 heterocycles. The third-order valence-corrected chi connectivity index (χ3v) is 6.09. The van der Waals surface area contributed by atoms with Crippen LogP contribution in [-0.4, -0.2) is 30.1 Å². The molecule has 1 aliphatic heterocycles. The van der Waals surface area contributed by atoms with E-state index in [0.717, 1.165) is 38.1 Å². The molecular formula is C19H35NO2. The molecule has 2 saturated carbocycles. The van der Waals surface area contributed by atoms with Crippen LogP contribution in [0.15, 0.2) is 0 Å². The monoisotopic (exact) mass is 309 g/mol. The Bertz CT molecular complexity index is 309. The quantitative estimate of drug-likeness (QED) is 0.526. The van der Waals surface area contributed by atoms with Crippen LogP contribution in [0.25, 0.3) is 0 Å². The van der Waals surface area contributed by atoms with Crippen molar-refractivity contribution in [2.75, 3.05) is 6.54 Å². The molecule has 0 aromatic rings. The summed E-state index contributed by atoms with van der Waals surface area (Å²) in [6, 6.07) is 0. The summed E-state index contributed by atoms with van der Waals surface area (Å²) in [6.45, 7) is 1.11. The van der Waals surface area contributed by atoms with E-state index in [1.807, 2.05) is 0 Å². The van der Waals surface area contributed by atoms with Crippen molar-refractivity contribution in [1.29, 1.82) is 0 Å². The molecule has 128 valence electrons. The van der Waals surface area contributed by atoms with Gasteiger partial charge in [0.1, 0.15) is 12.3 Å². The molecule has 0 amide bonds. The maximum Gasteiger partial charge on any atom is 0.135 e. The average molecular weight is 309 g/mol. The highest BCUT2D eigenvalue weighted by molar-refractivity contribution is 4.91. The number of aliphatic hydroxyl groups is 1. The smallest absolute Gasteiger partial charge is 0.135 e. The Morgan fingerprint density at radius 2 is 1.64 bits per heavy atom. The van der Waals surface area contributed by atoms with Crippen molar-refractivity contribution >= 4 is 0 Å². The van der Waals surface area contributed by atoms with Gasteiger partial charge in [0.05, 0.1) is 6.10 Å². The summed E-state index contributed by atoms with van der Waals surface area (Å²) >= 11 is 0. The van der Waals surface area contributed by atoms with Gasteiger partial charge in [-0.05, 0) is 50.5 Å². The molecule has 3 fully saturated rings. The third kappa shape index (κ3) is 5.21. The molecule has 1 saturated heterocycles. The number of ether oxygens (including phenoxy) is 1. The molecule has 0 radical (unpaired) electrons. The van der Waals surface area contributed by atoms with Crippen molar-refractivity contribution in [3.63, 3.8) is 0 Å². The molecule has 3 aliphatic rings. The van der Waals surface area contributed by atoms with Gasteiger partial charge in [-0.25, -0.2) is 0 Å². The van der Waals surface area contributed by atoms with Crippen molar-refractivity contribution in [2.45, 2.75) is 102 Å².